The van der Waals surface area contributed by atoms with Crippen molar-refractivity contribution >= 4 is 12.3 Å². The molecule has 3 heteroatoms. The van der Waals surface area contributed by atoms with Crippen molar-refractivity contribution in [2.75, 3.05) is 7.05 Å². The van der Waals surface area contributed by atoms with Gasteiger partial charge >= 0.3 is 0 Å². The Bertz CT molecular complexity index is 295. The summed E-state index contributed by atoms with van der Waals surface area (Å²) in [6.45, 7) is 0. The van der Waals surface area contributed by atoms with Crippen LogP contribution in [0.5, 0.6) is 0 Å². The summed E-state index contributed by atoms with van der Waals surface area (Å²) in [5.41, 5.74) is 0.918. The van der Waals surface area contributed by atoms with E-state index in [1.54, 1.807) is 0 Å². The van der Waals surface area contributed by atoms with Crippen LogP contribution in [0.4, 0.5) is 0 Å². The van der Waals surface area contributed by atoms with E-state index < -0.39 is 0 Å². The molecule has 1 aromatic rings. The number of carbonyl (C=O) groups excluding carboxylic acids is 2. The number of likely N-dealkylation sites (N-methyl/N-ethyl adjacent to an activating group) is 1. The van der Waals surface area contributed by atoms with E-state index in [1.807, 2.05) is 30.3 Å². The fourth-order valence-corrected chi connectivity index (χ4v) is 0.954. The average Bonchev–Trinajstić information content (AvgIpc) is 2.18. The highest BCUT2D eigenvalue weighted by Crippen LogP contribution is 2.00. The molecule has 0 heterocycles. The highest BCUT2D eigenvalue weighted by Gasteiger charge is 2.07. The second kappa shape index (κ2) is 4.40. The summed E-state index contributed by atoms with van der Waals surface area (Å²) in [6, 6.07) is 9.33. The molecule has 0 radical (unpaired) electrons. The Morgan fingerprint density at radius 1 is 1.38 bits per heavy atom. The molecule has 13 heavy (non-hydrogen) atoms. The van der Waals surface area contributed by atoms with Gasteiger partial charge in [0.15, 0.2) is 0 Å². The molecule has 0 atom stereocenters. The van der Waals surface area contributed by atoms with Gasteiger partial charge in [-0.15, -0.1) is 0 Å². The molecule has 0 aliphatic heterocycles. The van der Waals surface area contributed by atoms with Gasteiger partial charge in [-0.3, -0.25) is 14.5 Å². The molecule has 2 amide bonds. The Morgan fingerprint density at radius 2 is 2.00 bits per heavy atom. The smallest absolute Gasteiger partial charge is 0.233 e. The second-order valence-electron chi connectivity index (χ2n) is 2.77. The Kier molecular flexibility index (Phi) is 3.20. The minimum atomic E-state index is -0.193. The molecular formula is C10H11NO2. The molecule has 0 fully saturated rings. The van der Waals surface area contributed by atoms with Gasteiger partial charge in [-0.25, -0.2) is 0 Å². The van der Waals surface area contributed by atoms with Crippen LogP contribution < -0.4 is 0 Å². The minimum absolute atomic E-state index is 0.193. The van der Waals surface area contributed by atoms with Crippen LogP contribution >= 0.6 is 0 Å². The largest absolute Gasteiger partial charge is 0.288 e. The third-order valence-corrected chi connectivity index (χ3v) is 1.75. The number of imide groups is 1. The van der Waals surface area contributed by atoms with Gasteiger partial charge < -0.3 is 0 Å². The lowest BCUT2D eigenvalue weighted by Crippen LogP contribution is -2.26. The number of carbonyl (C=O) groups is 2. The molecule has 0 unspecified atom stereocenters. The molecule has 0 bridgehead atoms. The number of benzene rings is 1. The van der Waals surface area contributed by atoms with Crippen LogP contribution in [0.3, 0.4) is 0 Å². The number of amides is 2. The van der Waals surface area contributed by atoms with Crippen molar-refractivity contribution in [1.29, 1.82) is 0 Å². The van der Waals surface area contributed by atoms with Gasteiger partial charge in [-0.05, 0) is 5.56 Å². The molecule has 0 N–H and O–H groups in total. The van der Waals surface area contributed by atoms with Crippen molar-refractivity contribution in [3.8, 4) is 0 Å². The molecule has 0 saturated carbocycles. The van der Waals surface area contributed by atoms with Crippen LogP contribution in [-0.4, -0.2) is 24.3 Å². The zero-order chi connectivity index (χ0) is 9.68. The lowest BCUT2D eigenvalue weighted by atomic mass is 10.1. The molecule has 0 aliphatic carbocycles. The summed E-state index contributed by atoms with van der Waals surface area (Å²) < 4.78 is 0. The molecule has 0 saturated heterocycles. The highest BCUT2D eigenvalue weighted by atomic mass is 16.2. The first kappa shape index (κ1) is 9.45. The standard InChI is InChI=1S/C10H11NO2/c1-11(8-12)10(13)7-9-5-3-2-4-6-9/h2-6,8H,7H2,1H3. The van der Waals surface area contributed by atoms with Crippen molar-refractivity contribution in [3.63, 3.8) is 0 Å². The molecule has 3 nitrogen and oxygen atoms in total. The monoisotopic (exact) mass is 177 g/mol. The molecule has 0 spiro atoms. The fourth-order valence-electron chi connectivity index (χ4n) is 0.954. The molecule has 0 aliphatic rings. The lowest BCUT2D eigenvalue weighted by Gasteiger charge is -2.07. The lowest BCUT2D eigenvalue weighted by molar-refractivity contribution is -0.135. The SMILES string of the molecule is CN(C=O)C(=O)Cc1ccccc1. The van der Waals surface area contributed by atoms with Gasteiger partial charge in [0.2, 0.25) is 12.3 Å². The Labute approximate surface area is 77.0 Å². The summed E-state index contributed by atoms with van der Waals surface area (Å²) in [4.78, 5) is 22.5. The Balaban J connectivity index is 2.60. The quantitative estimate of drug-likeness (QED) is 0.642. The van der Waals surface area contributed by atoms with Crippen molar-refractivity contribution < 1.29 is 9.59 Å². The summed E-state index contributed by atoms with van der Waals surface area (Å²) >= 11 is 0. The van der Waals surface area contributed by atoms with E-state index in [0.717, 1.165) is 10.5 Å². The van der Waals surface area contributed by atoms with Crippen molar-refractivity contribution in [3.05, 3.63) is 35.9 Å². The number of hydrogen-bond acceptors (Lipinski definition) is 2. The van der Waals surface area contributed by atoms with E-state index in [0.29, 0.717) is 6.41 Å². The second-order valence-corrected chi connectivity index (χ2v) is 2.77. The summed E-state index contributed by atoms with van der Waals surface area (Å²) in [6.07, 6.45) is 0.793. The maximum atomic E-state index is 11.2. The molecule has 0 aromatic heterocycles. The van der Waals surface area contributed by atoms with Gasteiger partial charge in [-0.1, -0.05) is 30.3 Å². The van der Waals surface area contributed by atoms with Gasteiger partial charge in [0.1, 0.15) is 0 Å². The van der Waals surface area contributed by atoms with Gasteiger partial charge in [0.25, 0.3) is 0 Å². The fraction of sp³-hybridized carbons (Fsp3) is 0.200. The average molecular weight is 177 g/mol. The zero-order valence-corrected chi connectivity index (χ0v) is 7.43. The third kappa shape index (κ3) is 2.71. The van der Waals surface area contributed by atoms with Crippen LogP contribution in [0, 0.1) is 0 Å². The van der Waals surface area contributed by atoms with Crippen LogP contribution in [-0.2, 0) is 16.0 Å². The topological polar surface area (TPSA) is 37.4 Å². The van der Waals surface area contributed by atoms with Crippen LogP contribution in [0.1, 0.15) is 5.56 Å². The summed E-state index contributed by atoms with van der Waals surface area (Å²) in [5.74, 6) is -0.193. The zero-order valence-electron chi connectivity index (χ0n) is 7.43. The Morgan fingerprint density at radius 3 is 2.54 bits per heavy atom. The van der Waals surface area contributed by atoms with E-state index in [4.69, 9.17) is 0 Å². The minimum Gasteiger partial charge on any atom is -0.288 e. The maximum Gasteiger partial charge on any atom is 0.233 e. The van der Waals surface area contributed by atoms with Crippen LogP contribution in [0.2, 0.25) is 0 Å². The van der Waals surface area contributed by atoms with Gasteiger partial charge in [-0.2, -0.15) is 0 Å². The molecular weight excluding hydrogens is 166 g/mol. The number of rotatable bonds is 3. The number of hydrogen-bond donors (Lipinski definition) is 0. The highest BCUT2D eigenvalue weighted by molar-refractivity contribution is 5.87. The molecule has 68 valence electrons. The van der Waals surface area contributed by atoms with Gasteiger partial charge in [0, 0.05) is 7.05 Å². The van der Waals surface area contributed by atoms with E-state index in [-0.39, 0.29) is 12.3 Å². The molecule has 1 rings (SSSR count). The van der Waals surface area contributed by atoms with E-state index >= 15 is 0 Å². The van der Waals surface area contributed by atoms with Gasteiger partial charge in [0.05, 0.1) is 6.42 Å². The predicted molar refractivity (Wildman–Crippen MR) is 49.0 cm³/mol. The summed E-state index contributed by atoms with van der Waals surface area (Å²) in [7, 11) is 1.46. The van der Waals surface area contributed by atoms with Crippen molar-refractivity contribution in [2.45, 2.75) is 6.42 Å². The van der Waals surface area contributed by atoms with Crippen LogP contribution in [0.15, 0.2) is 30.3 Å². The third-order valence-electron chi connectivity index (χ3n) is 1.75. The van der Waals surface area contributed by atoms with E-state index in [1.165, 1.54) is 7.05 Å². The predicted octanol–water partition coefficient (Wildman–Crippen LogP) is 0.844. The van der Waals surface area contributed by atoms with Crippen molar-refractivity contribution in [1.82, 2.24) is 4.90 Å². The molecule has 1 aromatic carbocycles. The Hall–Kier alpha value is -1.64. The summed E-state index contributed by atoms with van der Waals surface area (Å²) in [5, 5.41) is 0. The van der Waals surface area contributed by atoms with Crippen molar-refractivity contribution in [2.24, 2.45) is 0 Å². The van der Waals surface area contributed by atoms with E-state index in [9.17, 15) is 9.59 Å². The first-order valence-electron chi connectivity index (χ1n) is 3.99. The normalized spacial score (nSPS) is 9.31. The van der Waals surface area contributed by atoms with E-state index in [2.05, 4.69) is 0 Å². The maximum absolute atomic E-state index is 11.2. The first-order chi connectivity index (χ1) is 6.24. The number of nitrogens with zero attached hydrogens (tertiary/aromatic N) is 1. The first-order valence-corrected chi connectivity index (χ1v) is 3.99. The van der Waals surface area contributed by atoms with Crippen LogP contribution in [0.25, 0.3) is 0 Å².